The maximum absolute atomic E-state index is 12.0. The number of carbonyl (C=O) groups is 3. The summed E-state index contributed by atoms with van der Waals surface area (Å²) in [6.45, 7) is 2.46. The van der Waals surface area contributed by atoms with E-state index < -0.39 is 5.97 Å². The molecule has 25 heavy (non-hydrogen) atoms. The number of thiophene rings is 1. The number of nitrogens with one attached hydrogen (secondary N) is 2. The molecule has 1 aromatic heterocycles. The Hall–Kier alpha value is -2.67. The molecule has 1 aromatic carbocycles. The number of carbonyl (C=O) groups excluding carboxylic acids is 3. The van der Waals surface area contributed by atoms with E-state index in [1.54, 1.807) is 42.6 Å². The molecule has 2 aromatic rings. The largest absolute Gasteiger partial charge is 0.462 e. The van der Waals surface area contributed by atoms with Gasteiger partial charge >= 0.3 is 5.97 Å². The van der Waals surface area contributed by atoms with E-state index in [0.717, 1.165) is 0 Å². The van der Waals surface area contributed by atoms with Crippen LogP contribution in [0.15, 0.2) is 41.1 Å². The highest BCUT2D eigenvalue weighted by Gasteiger charge is 2.09. The van der Waals surface area contributed by atoms with Gasteiger partial charge in [-0.05, 0) is 43.0 Å². The van der Waals surface area contributed by atoms with E-state index >= 15 is 0 Å². The first-order chi connectivity index (χ1) is 12.1. The van der Waals surface area contributed by atoms with E-state index in [0.29, 0.717) is 36.4 Å². The van der Waals surface area contributed by atoms with Crippen molar-refractivity contribution in [1.29, 1.82) is 0 Å². The minimum absolute atomic E-state index is 0.135. The second-order valence-electron chi connectivity index (χ2n) is 5.22. The Balaban J connectivity index is 1.74. The molecular weight excluding hydrogens is 340 g/mol. The van der Waals surface area contributed by atoms with E-state index in [1.165, 1.54) is 11.3 Å². The smallest absolute Gasteiger partial charge is 0.338 e. The second kappa shape index (κ2) is 9.58. The predicted octanol–water partition coefficient (Wildman–Crippen LogP) is 3.07. The average Bonchev–Trinajstić information content (AvgIpc) is 3.14. The van der Waals surface area contributed by atoms with Crippen molar-refractivity contribution >= 4 is 34.8 Å². The van der Waals surface area contributed by atoms with Crippen molar-refractivity contribution < 1.29 is 19.1 Å². The predicted molar refractivity (Wildman–Crippen MR) is 96.9 cm³/mol. The maximum atomic E-state index is 12.0. The molecule has 0 bridgehead atoms. The van der Waals surface area contributed by atoms with Crippen LogP contribution in [0.4, 0.5) is 5.69 Å². The third-order valence-corrected chi connectivity index (χ3v) is 3.99. The van der Waals surface area contributed by atoms with Crippen molar-refractivity contribution in [3.05, 3.63) is 52.2 Å². The summed E-state index contributed by atoms with van der Waals surface area (Å²) in [6, 6.07) is 8.35. The molecule has 0 unspecified atom stereocenters. The molecule has 0 saturated heterocycles. The molecule has 132 valence electrons. The Morgan fingerprint density at radius 3 is 2.72 bits per heavy atom. The van der Waals surface area contributed by atoms with Crippen LogP contribution in [0.3, 0.4) is 0 Å². The standard InChI is InChI=1S/C18H20N2O4S/c1-2-24-18(23)13-5-3-6-15(11-13)20-16(21)7-4-9-19-17(22)14-8-10-25-12-14/h3,5-6,8,10-12H,2,4,7,9H2,1H3,(H,19,22)(H,20,21). The van der Waals surface area contributed by atoms with Crippen LogP contribution in [0, 0.1) is 0 Å². The molecule has 0 aliphatic rings. The number of esters is 1. The van der Waals surface area contributed by atoms with Crippen molar-refractivity contribution in [3.8, 4) is 0 Å². The topological polar surface area (TPSA) is 84.5 Å². The number of ether oxygens (including phenoxy) is 1. The minimum atomic E-state index is -0.422. The van der Waals surface area contributed by atoms with Crippen LogP contribution in [-0.4, -0.2) is 30.9 Å². The van der Waals surface area contributed by atoms with Crippen LogP contribution in [0.25, 0.3) is 0 Å². The summed E-state index contributed by atoms with van der Waals surface area (Å²) in [5.41, 5.74) is 1.56. The highest BCUT2D eigenvalue weighted by Crippen LogP contribution is 2.12. The normalized spacial score (nSPS) is 10.1. The minimum Gasteiger partial charge on any atom is -0.462 e. The lowest BCUT2D eigenvalue weighted by atomic mass is 10.2. The monoisotopic (exact) mass is 360 g/mol. The number of anilines is 1. The Morgan fingerprint density at radius 1 is 1.16 bits per heavy atom. The van der Waals surface area contributed by atoms with Crippen molar-refractivity contribution in [1.82, 2.24) is 5.32 Å². The Morgan fingerprint density at radius 2 is 2.00 bits per heavy atom. The van der Waals surface area contributed by atoms with E-state index in [9.17, 15) is 14.4 Å². The fourth-order valence-electron chi connectivity index (χ4n) is 2.11. The van der Waals surface area contributed by atoms with Crippen molar-refractivity contribution in [3.63, 3.8) is 0 Å². The van der Waals surface area contributed by atoms with E-state index in [2.05, 4.69) is 10.6 Å². The lowest BCUT2D eigenvalue weighted by molar-refractivity contribution is -0.116. The molecule has 7 heteroatoms. The summed E-state index contributed by atoms with van der Waals surface area (Å²) in [7, 11) is 0. The van der Waals surface area contributed by atoms with Crippen LogP contribution in [0.2, 0.25) is 0 Å². The molecule has 2 N–H and O–H groups in total. The zero-order chi connectivity index (χ0) is 18.1. The molecule has 0 atom stereocenters. The highest BCUT2D eigenvalue weighted by atomic mass is 32.1. The Bertz CT molecular complexity index is 728. The fourth-order valence-corrected chi connectivity index (χ4v) is 2.74. The van der Waals surface area contributed by atoms with Crippen molar-refractivity contribution in [2.75, 3.05) is 18.5 Å². The van der Waals surface area contributed by atoms with Gasteiger partial charge < -0.3 is 15.4 Å². The quantitative estimate of drug-likeness (QED) is 0.560. The van der Waals surface area contributed by atoms with Gasteiger partial charge in [0.15, 0.2) is 0 Å². The van der Waals surface area contributed by atoms with Gasteiger partial charge in [0.2, 0.25) is 5.91 Å². The van der Waals surface area contributed by atoms with Crippen LogP contribution in [0.5, 0.6) is 0 Å². The molecule has 0 spiro atoms. The molecule has 1 heterocycles. The molecule has 0 saturated carbocycles. The molecule has 0 aliphatic heterocycles. The lowest BCUT2D eigenvalue weighted by Gasteiger charge is -2.08. The molecule has 2 rings (SSSR count). The van der Waals surface area contributed by atoms with Crippen LogP contribution in [0.1, 0.15) is 40.5 Å². The molecule has 0 aliphatic carbocycles. The summed E-state index contributed by atoms with van der Waals surface area (Å²) in [6.07, 6.45) is 0.798. The third-order valence-electron chi connectivity index (χ3n) is 3.31. The summed E-state index contributed by atoms with van der Waals surface area (Å²) >= 11 is 1.46. The van der Waals surface area contributed by atoms with Crippen LogP contribution in [-0.2, 0) is 9.53 Å². The zero-order valence-corrected chi connectivity index (χ0v) is 14.7. The number of rotatable bonds is 8. The summed E-state index contributed by atoms with van der Waals surface area (Å²) in [4.78, 5) is 35.4. The van der Waals surface area contributed by atoms with Gasteiger partial charge in [0, 0.05) is 29.6 Å². The van der Waals surface area contributed by atoms with Gasteiger partial charge in [-0.25, -0.2) is 4.79 Å². The van der Waals surface area contributed by atoms with Gasteiger partial charge in [0.25, 0.3) is 5.91 Å². The Kier molecular flexibility index (Phi) is 7.16. The number of benzene rings is 1. The van der Waals surface area contributed by atoms with E-state index in [1.807, 2.05) is 5.38 Å². The third kappa shape index (κ3) is 6.04. The maximum Gasteiger partial charge on any atom is 0.338 e. The first-order valence-corrected chi connectivity index (χ1v) is 8.92. The summed E-state index contributed by atoms with van der Waals surface area (Å²) < 4.78 is 4.93. The van der Waals surface area contributed by atoms with Gasteiger partial charge in [-0.2, -0.15) is 11.3 Å². The van der Waals surface area contributed by atoms with Gasteiger partial charge in [-0.15, -0.1) is 0 Å². The number of hydrogen-bond donors (Lipinski definition) is 2. The molecule has 0 fully saturated rings. The lowest BCUT2D eigenvalue weighted by Crippen LogP contribution is -2.25. The average molecular weight is 360 g/mol. The number of amides is 2. The van der Waals surface area contributed by atoms with Gasteiger partial charge in [0.05, 0.1) is 12.2 Å². The number of hydrogen-bond acceptors (Lipinski definition) is 5. The SMILES string of the molecule is CCOC(=O)c1cccc(NC(=O)CCCNC(=O)c2ccsc2)c1. The summed E-state index contributed by atoms with van der Waals surface area (Å²) in [5.74, 6) is -0.732. The molecule has 0 radical (unpaired) electrons. The second-order valence-corrected chi connectivity index (χ2v) is 6.00. The van der Waals surface area contributed by atoms with Crippen LogP contribution < -0.4 is 10.6 Å². The van der Waals surface area contributed by atoms with Gasteiger partial charge in [-0.3, -0.25) is 9.59 Å². The fraction of sp³-hybridized carbons (Fsp3) is 0.278. The van der Waals surface area contributed by atoms with E-state index in [4.69, 9.17) is 4.74 Å². The van der Waals surface area contributed by atoms with Crippen molar-refractivity contribution in [2.45, 2.75) is 19.8 Å². The zero-order valence-electron chi connectivity index (χ0n) is 13.9. The first kappa shape index (κ1) is 18.7. The van der Waals surface area contributed by atoms with Gasteiger partial charge in [-0.1, -0.05) is 6.07 Å². The van der Waals surface area contributed by atoms with Crippen LogP contribution >= 0.6 is 11.3 Å². The summed E-state index contributed by atoms with van der Waals surface area (Å²) in [5, 5.41) is 9.12. The Labute approximate surface area is 150 Å². The van der Waals surface area contributed by atoms with E-state index in [-0.39, 0.29) is 18.2 Å². The first-order valence-electron chi connectivity index (χ1n) is 7.97. The highest BCUT2D eigenvalue weighted by molar-refractivity contribution is 7.08. The molecule has 6 nitrogen and oxygen atoms in total. The van der Waals surface area contributed by atoms with Crippen molar-refractivity contribution in [2.24, 2.45) is 0 Å². The molecule has 2 amide bonds. The molecular formula is C18H20N2O4S. The van der Waals surface area contributed by atoms with Gasteiger partial charge in [0.1, 0.15) is 0 Å².